The molecule has 3 heteroatoms. The van der Waals surface area contributed by atoms with Crippen molar-refractivity contribution in [1.82, 2.24) is 0 Å². The number of hydrogen-bond acceptors (Lipinski definition) is 2. The number of hydrogen-bond donors (Lipinski definition) is 2. The molecule has 0 aromatic carbocycles. The number of carboxylic acid groups (broad SMARTS) is 1. The van der Waals surface area contributed by atoms with E-state index in [9.17, 15) is 4.79 Å². The van der Waals surface area contributed by atoms with Crippen LogP contribution in [0.2, 0.25) is 0 Å². The van der Waals surface area contributed by atoms with E-state index in [1.807, 2.05) is 0 Å². The molecular formula is C5H10O3. The molecule has 0 amide bonds. The highest BCUT2D eigenvalue weighted by molar-refractivity contribution is 5.72. The van der Waals surface area contributed by atoms with Crippen molar-refractivity contribution in [2.75, 3.05) is 0 Å². The van der Waals surface area contributed by atoms with E-state index < -0.39 is 31.7 Å². The van der Waals surface area contributed by atoms with E-state index in [-0.39, 0.29) is 0 Å². The smallest absolute Gasteiger partial charge is 0.332 e. The number of aliphatic hydroxyl groups is 1. The summed E-state index contributed by atoms with van der Waals surface area (Å²) in [4.78, 5) is 10.4. The summed E-state index contributed by atoms with van der Waals surface area (Å²) < 4.78 is 48.2. The Morgan fingerprint density at radius 3 is 2.50 bits per heavy atom. The molecule has 0 rings (SSSR count). The molecule has 0 aromatic rings. The Labute approximate surface area is 57.8 Å². The first-order chi connectivity index (χ1) is 6.35. The Kier molecular flexibility index (Phi) is 0.568. The van der Waals surface area contributed by atoms with Gasteiger partial charge in [0.1, 0.15) is 0 Å². The summed E-state index contributed by atoms with van der Waals surface area (Å²) in [5, 5.41) is 17.4. The second kappa shape index (κ2) is 2.67. The van der Waals surface area contributed by atoms with Crippen LogP contribution >= 0.6 is 0 Å². The minimum atomic E-state index is -3.44. The predicted molar refractivity (Wildman–Crippen MR) is 28.5 cm³/mol. The molecule has 0 saturated carbocycles. The van der Waals surface area contributed by atoms with E-state index in [0.717, 1.165) is 0 Å². The lowest BCUT2D eigenvalue weighted by atomic mass is 10.1. The maximum atomic E-state index is 10.4. The SMILES string of the molecule is [2H]C([2H])([2H])C([2H])(C(O)C(=O)O)C([2H])([2H])[2H]. The van der Waals surface area contributed by atoms with Gasteiger partial charge in [0.25, 0.3) is 0 Å². The topological polar surface area (TPSA) is 57.5 Å². The second-order valence-electron chi connectivity index (χ2n) is 1.15. The summed E-state index contributed by atoms with van der Waals surface area (Å²) in [7, 11) is 0. The highest BCUT2D eigenvalue weighted by Gasteiger charge is 2.16. The van der Waals surface area contributed by atoms with E-state index >= 15 is 0 Å². The minimum Gasteiger partial charge on any atom is -0.479 e. The van der Waals surface area contributed by atoms with Gasteiger partial charge in [0.2, 0.25) is 0 Å². The van der Waals surface area contributed by atoms with Gasteiger partial charge in [-0.15, -0.1) is 0 Å². The molecule has 3 nitrogen and oxygen atoms in total. The van der Waals surface area contributed by atoms with Gasteiger partial charge in [0, 0.05) is 9.60 Å². The van der Waals surface area contributed by atoms with Crippen molar-refractivity contribution in [1.29, 1.82) is 0 Å². The van der Waals surface area contributed by atoms with Crippen LogP contribution in [0, 0.1) is 5.89 Å². The fourth-order valence-electron chi connectivity index (χ4n) is 0.123. The number of carbonyl (C=O) groups is 1. The first-order valence-corrected chi connectivity index (χ1v) is 1.76. The molecule has 0 aliphatic carbocycles. The van der Waals surface area contributed by atoms with E-state index in [0.29, 0.717) is 0 Å². The first-order valence-electron chi connectivity index (χ1n) is 5.26. The molecule has 0 bridgehead atoms. The Bertz CT molecular complexity index is 240. The molecule has 1 atom stereocenters. The van der Waals surface area contributed by atoms with Gasteiger partial charge in [-0.25, -0.2) is 4.79 Å². The van der Waals surface area contributed by atoms with Crippen LogP contribution in [-0.2, 0) is 4.79 Å². The van der Waals surface area contributed by atoms with Crippen LogP contribution in [0.25, 0.3) is 0 Å². The first kappa shape index (κ1) is 1.70. The zero-order valence-corrected chi connectivity index (χ0v) is 3.88. The van der Waals surface area contributed by atoms with Crippen LogP contribution in [0.4, 0.5) is 0 Å². The quantitative estimate of drug-likeness (QED) is 0.549. The Hall–Kier alpha value is -0.570. The van der Waals surface area contributed by atoms with Crippen LogP contribution in [0.1, 0.15) is 23.3 Å². The van der Waals surface area contributed by atoms with Crippen molar-refractivity contribution in [2.24, 2.45) is 5.89 Å². The highest BCUT2D eigenvalue weighted by atomic mass is 16.4. The normalized spacial score (nSPS) is 31.4. The number of aliphatic hydroxyl groups excluding tert-OH is 1. The van der Waals surface area contributed by atoms with Crippen LogP contribution in [0.3, 0.4) is 0 Å². The fourth-order valence-corrected chi connectivity index (χ4v) is 0.123. The standard InChI is InChI=1S/C5H10O3/c1-3(2)4(6)5(7)8/h3-4,6H,1-2H3,(H,7,8)/i1D3,2D3,3D. The van der Waals surface area contributed by atoms with Crippen LogP contribution in [0.15, 0.2) is 0 Å². The van der Waals surface area contributed by atoms with E-state index in [1.54, 1.807) is 0 Å². The molecule has 48 valence electrons. The van der Waals surface area contributed by atoms with E-state index in [1.165, 1.54) is 0 Å². The summed E-state index contributed by atoms with van der Waals surface area (Å²) >= 11 is 0. The number of carboxylic acids is 1. The van der Waals surface area contributed by atoms with Gasteiger partial charge in [-0.2, -0.15) is 0 Å². The zero-order valence-electron chi connectivity index (χ0n) is 10.9. The molecule has 0 heterocycles. The van der Waals surface area contributed by atoms with Gasteiger partial charge in [-0.05, 0) is 5.89 Å². The fraction of sp³-hybridized carbons (Fsp3) is 0.800. The molecule has 0 aliphatic heterocycles. The van der Waals surface area contributed by atoms with Gasteiger partial charge in [-0.3, -0.25) is 0 Å². The maximum absolute atomic E-state index is 10.4. The molecule has 0 saturated heterocycles. The molecule has 8 heavy (non-hydrogen) atoms. The van der Waals surface area contributed by atoms with Gasteiger partial charge in [-0.1, -0.05) is 13.7 Å². The highest BCUT2D eigenvalue weighted by Crippen LogP contribution is 1.99. The predicted octanol–water partition coefficient (Wildman–Crippen LogP) is 0.0879. The summed E-state index contributed by atoms with van der Waals surface area (Å²) in [5.41, 5.74) is 0. The second-order valence-corrected chi connectivity index (χ2v) is 1.15. The van der Waals surface area contributed by atoms with Gasteiger partial charge >= 0.3 is 5.97 Å². The van der Waals surface area contributed by atoms with Crippen molar-refractivity contribution >= 4 is 5.97 Å². The molecule has 0 aliphatic rings. The van der Waals surface area contributed by atoms with Crippen molar-refractivity contribution in [2.45, 2.75) is 19.8 Å². The Morgan fingerprint density at radius 1 is 1.88 bits per heavy atom. The lowest BCUT2D eigenvalue weighted by Crippen LogP contribution is -2.25. The summed E-state index contributed by atoms with van der Waals surface area (Å²) in [5.74, 6) is -5.50. The number of rotatable bonds is 2. The minimum absolute atomic E-state index is 2.06. The molecule has 0 aromatic heterocycles. The van der Waals surface area contributed by atoms with E-state index in [2.05, 4.69) is 0 Å². The third-order valence-corrected chi connectivity index (χ3v) is 0.507. The maximum Gasteiger partial charge on any atom is 0.332 e. The molecule has 0 spiro atoms. The molecule has 0 fully saturated rings. The van der Waals surface area contributed by atoms with Crippen molar-refractivity contribution in [3.63, 3.8) is 0 Å². The molecule has 0 radical (unpaired) electrons. The van der Waals surface area contributed by atoms with Crippen molar-refractivity contribution in [3.8, 4) is 0 Å². The molecule has 1 unspecified atom stereocenters. The third-order valence-electron chi connectivity index (χ3n) is 0.507. The molecular weight excluding hydrogens is 108 g/mol. The van der Waals surface area contributed by atoms with Gasteiger partial charge < -0.3 is 10.2 Å². The van der Waals surface area contributed by atoms with Gasteiger partial charge in [0.05, 0.1) is 0 Å². The lowest BCUT2D eigenvalue weighted by Gasteiger charge is -2.06. The Balaban J connectivity index is 5.53. The van der Waals surface area contributed by atoms with Crippen LogP contribution in [0.5, 0.6) is 0 Å². The Morgan fingerprint density at radius 2 is 2.38 bits per heavy atom. The number of aliphatic carboxylic acids is 1. The van der Waals surface area contributed by atoms with Crippen molar-refractivity contribution in [3.05, 3.63) is 0 Å². The lowest BCUT2D eigenvalue weighted by molar-refractivity contribution is -0.148. The summed E-state index contributed by atoms with van der Waals surface area (Å²) in [6.45, 7) is -6.87. The zero-order chi connectivity index (χ0) is 12.7. The van der Waals surface area contributed by atoms with E-state index in [4.69, 9.17) is 19.8 Å². The molecule has 2 N–H and O–H groups in total. The summed E-state index contributed by atoms with van der Waals surface area (Å²) in [6.07, 6.45) is -2.81. The van der Waals surface area contributed by atoms with Gasteiger partial charge in [0.15, 0.2) is 6.10 Å². The monoisotopic (exact) mass is 125 g/mol. The van der Waals surface area contributed by atoms with Crippen LogP contribution < -0.4 is 0 Å². The average molecular weight is 125 g/mol. The third kappa shape index (κ3) is 1.93. The van der Waals surface area contributed by atoms with Crippen LogP contribution in [-0.4, -0.2) is 22.3 Å². The van der Waals surface area contributed by atoms with Crippen molar-refractivity contribution < 1.29 is 24.6 Å². The summed E-state index contributed by atoms with van der Waals surface area (Å²) in [6, 6.07) is 0. The largest absolute Gasteiger partial charge is 0.479 e. The average Bonchev–Trinajstić information content (AvgIpc) is 1.96.